The maximum atomic E-state index is 12.0. The molecular formula is C9H16F3NO2. The lowest BCUT2D eigenvalue weighted by atomic mass is 9.94. The Kier molecular flexibility index (Phi) is 3.63. The van der Waals surface area contributed by atoms with Gasteiger partial charge in [-0.25, -0.2) is 0 Å². The van der Waals surface area contributed by atoms with E-state index in [-0.39, 0.29) is 6.10 Å². The maximum absolute atomic E-state index is 12.0. The average Bonchev–Trinajstić information content (AvgIpc) is 2.42. The normalized spacial score (nSPS) is 34.4. The molecule has 0 radical (unpaired) electrons. The summed E-state index contributed by atoms with van der Waals surface area (Å²) < 4.78 is 41.3. The van der Waals surface area contributed by atoms with Crippen molar-refractivity contribution in [3.05, 3.63) is 0 Å². The van der Waals surface area contributed by atoms with E-state index < -0.39 is 24.4 Å². The summed E-state index contributed by atoms with van der Waals surface area (Å²) in [6, 6.07) is 0. The highest BCUT2D eigenvalue weighted by Gasteiger charge is 2.42. The Bertz CT molecular complexity index is 222. The molecular weight excluding hydrogens is 211 g/mol. The van der Waals surface area contributed by atoms with Gasteiger partial charge in [-0.2, -0.15) is 13.2 Å². The second-order valence-electron chi connectivity index (χ2n) is 4.12. The third-order valence-corrected chi connectivity index (χ3v) is 2.96. The van der Waals surface area contributed by atoms with Gasteiger partial charge in [0.15, 0.2) is 6.10 Å². The summed E-state index contributed by atoms with van der Waals surface area (Å²) in [5, 5.41) is 11.5. The van der Waals surface area contributed by atoms with Crippen LogP contribution in [-0.2, 0) is 4.74 Å². The van der Waals surface area contributed by atoms with E-state index in [1.165, 1.54) is 0 Å². The van der Waals surface area contributed by atoms with Crippen molar-refractivity contribution in [3.8, 4) is 0 Å². The molecule has 0 saturated carbocycles. The highest BCUT2D eigenvalue weighted by molar-refractivity contribution is 4.94. The number of aliphatic hydroxyl groups is 1. The fourth-order valence-corrected chi connectivity index (χ4v) is 1.51. The quantitative estimate of drug-likeness (QED) is 0.757. The number of β-amino-alcohol motifs (C(OH)–C–C–N with tert-alkyl or cyclic N) is 1. The number of halogens is 3. The van der Waals surface area contributed by atoms with Gasteiger partial charge in [0.05, 0.1) is 6.10 Å². The zero-order chi connectivity index (χ0) is 11.7. The number of rotatable bonds is 3. The fourth-order valence-electron chi connectivity index (χ4n) is 1.51. The summed E-state index contributed by atoms with van der Waals surface area (Å²) >= 11 is 0. The minimum atomic E-state index is -4.56. The first-order valence-electron chi connectivity index (χ1n) is 4.87. The van der Waals surface area contributed by atoms with Crippen molar-refractivity contribution in [2.24, 2.45) is 0 Å². The predicted octanol–water partition coefficient (Wildman–Crippen LogP) is 1.07. The number of ether oxygens (including phenoxy) is 1. The molecule has 1 aliphatic heterocycles. The minimum absolute atomic E-state index is 0.141. The van der Waals surface area contributed by atoms with Crippen LogP contribution in [0.25, 0.3) is 0 Å². The first-order valence-corrected chi connectivity index (χ1v) is 4.87. The SMILES string of the molecule is CC1OCCC1(C)NCC(O)C(F)(F)F. The second-order valence-corrected chi connectivity index (χ2v) is 4.12. The van der Waals surface area contributed by atoms with Crippen LogP contribution in [0.1, 0.15) is 20.3 Å². The summed E-state index contributed by atoms with van der Waals surface area (Å²) in [5.41, 5.74) is -0.480. The molecule has 0 aromatic rings. The van der Waals surface area contributed by atoms with Crippen molar-refractivity contribution < 1.29 is 23.0 Å². The molecule has 1 rings (SSSR count). The first kappa shape index (κ1) is 12.7. The van der Waals surface area contributed by atoms with Gasteiger partial charge in [0.1, 0.15) is 0 Å². The molecule has 0 bridgehead atoms. The van der Waals surface area contributed by atoms with Gasteiger partial charge in [0, 0.05) is 18.7 Å². The number of alkyl halides is 3. The average molecular weight is 227 g/mol. The van der Waals surface area contributed by atoms with Crippen molar-refractivity contribution >= 4 is 0 Å². The molecule has 0 aromatic carbocycles. The third kappa shape index (κ3) is 3.06. The molecule has 3 unspecified atom stereocenters. The molecule has 0 aromatic heterocycles. The lowest BCUT2D eigenvalue weighted by Gasteiger charge is -2.30. The maximum Gasteiger partial charge on any atom is 0.415 e. The van der Waals surface area contributed by atoms with Crippen molar-refractivity contribution in [2.45, 2.75) is 44.2 Å². The molecule has 90 valence electrons. The van der Waals surface area contributed by atoms with E-state index >= 15 is 0 Å². The molecule has 2 N–H and O–H groups in total. The standard InChI is InChI=1S/C9H16F3NO2/c1-6-8(2,3-4-15-6)13-5-7(14)9(10,11)12/h6-7,13-14H,3-5H2,1-2H3. The topological polar surface area (TPSA) is 41.5 Å². The van der Waals surface area contributed by atoms with Gasteiger partial charge < -0.3 is 15.2 Å². The Morgan fingerprint density at radius 1 is 1.60 bits per heavy atom. The van der Waals surface area contributed by atoms with E-state index in [9.17, 15) is 13.2 Å². The van der Waals surface area contributed by atoms with Crippen LogP contribution in [0.2, 0.25) is 0 Å². The Balaban J connectivity index is 2.43. The van der Waals surface area contributed by atoms with Crippen molar-refractivity contribution in [2.75, 3.05) is 13.2 Å². The minimum Gasteiger partial charge on any atom is -0.382 e. The van der Waals surface area contributed by atoms with E-state index in [4.69, 9.17) is 9.84 Å². The lowest BCUT2D eigenvalue weighted by molar-refractivity contribution is -0.203. The van der Waals surface area contributed by atoms with Crippen LogP contribution in [0.5, 0.6) is 0 Å². The number of hydrogen-bond donors (Lipinski definition) is 2. The smallest absolute Gasteiger partial charge is 0.382 e. The Hall–Kier alpha value is -0.330. The van der Waals surface area contributed by atoms with Gasteiger partial charge in [-0.15, -0.1) is 0 Å². The molecule has 6 heteroatoms. The van der Waals surface area contributed by atoms with Gasteiger partial charge in [-0.1, -0.05) is 0 Å². The second kappa shape index (κ2) is 4.27. The largest absolute Gasteiger partial charge is 0.415 e. The predicted molar refractivity (Wildman–Crippen MR) is 48.5 cm³/mol. The Labute approximate surface area is 86.6 Å². The van der Waals surface area contributed by atoms with E-state index in [2.05, 4.69) is 5.32 Å². The molecule has 0 amide bonds. The number of nitrogens with one attached hydrogen (secondary N) is 1. The summed E-state index contributed by atoms with van der Waals surface area (Å²) in [6.07, 6.45) is -6.37. The molecule has 1 heterocycles. The summed E-state index contributed by atoms with van der Waals surface area (Å²) in [4.78, 5) is 0. The van der Waals surface area contributed by atoms with E-state index in [0.29, 0.717) is 13.0 Å². The highest BCUT2D eigenvalue weighted by atomic mass is 19.4. The molecule has 15 heavy (non-hydrogen) atoms. The van der Waals surface area contributed by atoms with Gasteiger partial charge in [0.25, 0.3) is 0 Å². The van der Waals surface area contributed by atoms with Crippen molar-refractivity contribution in [1.29, 1.82) is 0 Å². The number of hydrogen-bond acceptors (Lipinski definition) is 3. The van der Waals surface area contributed by atoms with Gasteiger partial charge in [-0.05, 0) is 20.3 Å². The summed E-state index contributed by atoms with van der Waals surface area (Å²) in [6.45, 7) is 3.65. The molecule has 0 aliphatic carbocycles. The Morgan fingerprint density at radius 3 is 2.60 bits per heavy atom. The molecule has 3 nitrogen and oxygen atoms in total. The monoisotopic (exact) mass is 227 g/mol. The number of aliphatic hydroxyl groups excluding tert-OH is 1. The zero-order valence-electron chi connectivity index (χ0n) is 8.77. The Morgan fingerprint density at radius 2 is 2.20 bits per heavy atom. The van der Waals surface area contributed by atoms with E-state index in [1.54, 1.807) is 13.8 Å². The summed E-state index contributed by atoms with van der Waals surface area (Å²) in [7, 11) is 0. The van der Waals surface area contributed by atoms with Crippen molar-refractivity contribution in [3.63, 3.8) is 0 Å². The van der Waals surface area contributed by atoms with Crippen LogP contribution in [0.3, 0.4) is 0 Å². The van der Waals surface area contributed by atoms with Crippen LogP contribution in [0.15, 0.2) is 0 Å². The van der Waals surface area contributed by atoms with Crippen LogP contribution in [0, 0.1) is 0 Å². The first-order chi connectivity index (χ1) is 6.76. The molecule has 3 atom stereocenters. The molecule has 1 fully saturated rings. The van der Waals surface area contributed by atoms with Gasteiger partial charge >= 0.3 is 6.18 Å². The van der Waals surface area contributed by atoms with Gasteiger partial charge in [-0.3, -0.25) is 0 Å². The zero-order valence-corrected chi connectivity index (χ0v) is 8.77. The molecule has 1 saturated heterocycles. The van der Waals surface area contributed by atoms with Crippen molar-refractivity contribution in [1.82, 2.24) is 5.32 Å². The lowest BCUT2D eigenvalue weighted by Crippen LogP contribution is -2.52. The molecule has 0 spiro atoms. The van der Waals surface area contributed by atoms with Crippen LogP contribution < -0.4 is 5.32 Å². The molecule has 1 aliphatic rings. The van der Waals surface area contributed by atoms with E-state index in [1.807, 2.05) is 0 Å². The summed E-state index contributed by atoms with van der Waals surface area (Å²) in [5.74, 6) is 0. The highest BCUT2D eigenvalue weighted by Crippen LogP contribution is 2.26. The van der Waals surface area contributed by atoms with Crippen LogP contribution in [-0.4, -0.2) is 42.2 Å². The fraction of sp³-hybridized carbons (Fsp3) is 1.00. The third-order valence-electron chi connectivity index (χ3n) is 2.96. The van der Waals surface area contributed by atoms with Crippen LogP contribution in [0.4, 0.5) is 13.2 Å². The van der Waals surface area contributed by atoms with E-state index in [0.717, 1.165) is 0 Å². The van der Waals surface area contributed by atoms with Gasteiger partial charge in [0.2, 0.25) is 0 Å². The van der Waals surface area contributed by atoms with Crippen LogP contribution >= 0.6 is 0 Å².